The summed E-state index contributed by atoms with van der Waals surface area (Å²) in [5.74, 6) is 1.88. The molecule has 3 aliphatic rings. The number of amides is 1. The van der Waals surface area contributed by atoms with Crippen LogP contribution in [0, 0.1) is 11.8 Å². The lowest BCUT2D eigenvalue weighted by Gasteiger charge is -2.31. The summed E-state index contributed by atoms with van der Waals surface area (Å²) >= 11 is 0. The first-order valence-corrected chi connectivity index (χ1v) is 7.32. The highest BCUT2D eigenvalue weighted by Gasteiger charge is 2.44. The molecule has 1 N–H and O–H groups in total. The van der Waals surface area contributed by atoms with Crippen molar-refractivity contribution in [2.24, 2.45) is 11.8 Å². The Labute approximate surface area is 109 Å². The lowest BCUT2D eigenvalue weighted by atomic mass is 10.0. The Balaban J connectivity index is 1.53. The largest absolute Gasteiger partial charge is 0.378 e. The third kappa shape index (κ3) is 2.86. The van der Waals surface area contributed by atoms with E-state index in [2.05, 4.69) is 5.32 Å². The standard InChI is InChI=1S/C14H24N2O2/c1-16(14(10-2-3-10)11-4-5-11)13(17)8-12-9-18-7-6-15-12/h10-12,14-15H,2-9H2,1H3. The lowest BCUT2D eigenvalue weighted by molar-refractivity contribution is -0.134. The summed E-state index contributed by atoms with van der Waals surface area (Å²) in [7, 11) is 2.01. The number of morpholine rings is 1. The predicted octanol–water partition coefficient (Wildman–Crippen LogP) is 1.01. The Hall–Kier alpha value is -0.610. The highest BCUT2D eigenvalue weighted by molar-refractivity contribution is 5.77. The second kappa shape index (κ2) is 5.17. The third-order valence-corrected chi connectivity index (χ3v) is 4.47. The number of hydrogen-bond acceptors (Lipinski definition) is 3. The fourth-order valence-electron chi connectivity index (χ4n) is 3.16. The van der Waals surface area contributed by atoms with Gasteiger partial charge in [0.2, 0.25) is 5.91 Å². The first-order valence-electron chi connectivity index (χ1n) is 7.32. The summed E-state index contributed by atoms with van der Waals surface area (Å²) in [5.41, 5.74) is 0. The minimum atomic E-state index is 0.216. The molecule has 0 aromatic rings. The molecule has 0 aromatic heterocycles. The Bertz CT molecular complexity index is 295. The number of rotatable bonds is 5. The molecule has 3 fully saturated rings. The second-order valence-electron chi connectivity index (χ2n) is 6.10. The topological polar surface area (TPSA) is 41.6 Å². The van der Waals surface area contributed by atoms with Crippen LogP contribution in [0.5, 0.6) is 0 Å². The van der Waals surface area contributed by atoms with Gasteiger partial charge in [0, 0.05) is 32.1 Å². The van der Waals surface area contributed by atoms with Crippen LogP contribution in [0.2, 0.25) is 0 Å². The molecule has 0 spiro atoms. The lowest BCUT2D eigenvalue weighted by Crippen LogP contribution is -2.47. The highest BCUT2D eigenvalue weighted by atomic mass is 16.5. The van der Waals surface area contributed by atoms with Gasteiger partial charge >= 0.3 is 0 Å². The molecule has 102 valence electrons. The summed E-state index contributed by atoms with van der Waals surface area (Å²) in [4.78, 5) is 14.4. The van der Waals surface area contributed by atoms with E-state index in [4.69, 9.17) is 4.74 Å². The number of carbonyl (C=O) groups excluding carboxylic acids is 1. The molecule has 4 heteroatoms. The van der Waals surface area contributed by atoms with Crippen molar-refractivity contribution in [3.8, 4) is 0 Å². The highest BCUT2D eigenvalue weighted by Crippen LogP contribution is 2.46. The van der Waals surface area contributed by atoms with Gasteiger partial charge in [0.05, 0.1) is 13.2 Å². The van der Waals surface area contributed by atoms with E-state index in [1.165, 1.54) is 25.7 Å². The van der Waals surface area contributed by atoms with E-state index in [-0.39, 0.29) is 6.04 Å². The molecule has 0 aromatic carbocycles. The quantitative estimate of drug-likeness (QED) is 0.794. The molecule has 2 aliphatic carbocycles. The minimum Gasteiger partial charge on any atom is -0.378 e. The van der Waals surface area contributed by atoms with Gasteiger partial charge in [-0.15, -0.1) is 0 Å². The maximum atomic E-state index is 12.3. The fraction of sp³-hybridized carbons (Fsp3) is 0.929. The van der Waals surface area contributed by atoms with Crippen molar-refractivity contribution in [2.45, 2.75) is 44.2 Å². The normalized spacial score (nSPS) is 28.4. The van der Waals surface area contributed by atoms with Gasteiger partial charge in [-0.2, -0.15) is 0 Å². The van der Waals surface area contributed by atoms with Crippen molar-refractivity contribution in [1.82, 2.24) is 10.2 Å². The van der Waals surface area contributed by atoms with Gasteiger partial charge in [-0.3, -0.25) is 4.79 Å². The van der Waals surface area contributed by atoms with Crippen LogP contribution in [0.1, 0.15) is 32.1 Å². The van der Waals surface area contributed by atoms with Gasteiger partial charge < -0.3 is 15.0 Å². The average Bonchev–Trinajstić information content (AvgIpc) is 3.25. The van der Waals surface area contributed by atoms with E-state index < -0.39 is 0 Å². The van der Waals surface area contributed by atoms with Crippen LogP contribution in [0.25, 0.3) is 0 Å². The summed E-state index contributed by atoms with van der Waals surface area (Å²) in [6.45, 7) is 2.32. The molecule has 1 atom stereocenters. The molecule has 1 heterocycles. The molecule has 3 rings (SSSR count). The van der Waals surface area contributed by atoms with Crippen molar-refractivity contribution in [3.63, 3.8) is 0 Å². The number of nitrogens with one attached hydrogen (secondary N) is 1. The summed E-state index contributed by atoms with van der Waals surface area (Å²) in [6.07, 6.45) is 5.88. The second-order valence-corrected chi connectivity index (χ2v) is 6.10. The summed E-state index contributed by atoms with van der Waals surface area (Å²) in [5, 5.41) is 3.36. The van der Waals surface area contributed by atoms with E-state index >= 15 is 0 Å². The Kier molecular flexibility index (Phi) is 3.57. The molecule has 1 amide bonds. The van der Waals surface area contributed by atoms with Crippen LogP contribution in [-0.2, 0) is 9.53 Å². The van der Waals surface area contributed by atoms with Crippen molar-refractivity contribution in [2.75, 3.05) is 26.8 Å². The monoisotopic (exact) mass is 252 g/mol. The van der Waals surface area contributed by atoms with Gasteiger partial charge in [0.15, 0.2) is 0 Å². The van der Waals surface area contributed by atoms with Gasteiger partial charge in [-0.1, -0.05) is 0 Å². The molecule has 0 radical (unpaired) electrons. The Morgan fingerprint density at radius 2 is 2.00 bits per heavy atom. The SMILES string of the molecule is CN(C(=O)CC1COCCN1)C(C1CC1)C1CC1. The molecule has 2 saturated carbocycles. The van der Waals surface area contributed by atoms with Crippen LogP contribution < -0.4 is 5.32 Å². The molecule has 1 aliphatic heterocycles. The van der Waals surface area contributed by atoms with Crippen molar-refractivity contribution in [3.05, 3.63) is 0 Å². The maximum Gasteiger partial charge on any atom is 0.224 e. The van der Waals surface area contributed by atoms with Gasteiger partial charge in [-0.05, 0) is 37.5 Å². The number of ether oxygens (including phenoxy) is 1. The molecule has 18 heavy (non-hydrogen) atoms. The zero-order valence-corrected chi connectivity index (χ0v) is 11.2. The van der Waals surface area contributed by atoms with E-state index in [0.29, 0.717) is 25.0 Å². The maximum absolute atomic E-state index is 12.3. The smallest absolute Gasteiger partial charge is 0.224 e. The predicted molar refractivity (Wildman–Crippen MR) is 69.2 cm³/mol. The van der Waals surface area contributed by atoms with Crippen LogP contribution >= 0.6 is 0 Å². The Morgan fingerprint density at radius 1 is 1.33 bits per heavy atom. The number of nitrogens with zero attached hydrogens (tertiary/aromatic N) is 1. The molecular weight excluding hydrogens is 228 g/mol. The molecule has 0 bridgehead atoms. The molecule has 1 unspecified atom stereocenters. The molecular formula is C14H24N2O2. The molecule has 4 nitrogen and oxygen atoms in total. The summed E-state index contributed by atoms with van der Waals surface area (Å²) in [6, 6.07) is 0.745. The van der Waals surface area contributed by atoms with E-state index in [1.807, 2.05) is 11.9 Å². The average molecular weight is 252 g/mol. The summed E-state index contributed by atoms with van der Waals surface area (Å²) < 4.78 is 5.41. The van der Waals surface area contributed by atoms with Crippen LogP contribution in [-0.4, -0.2) is 49.7 Å². The number of hydrogen-bond donors (Lipinski definition) is 1. The van der Waals surface area contributed by atoms with E-state index in [9.17, 15) is 4.79 Å². The fourth-order valence-corrected chi connectivity index (χ4v) is 3.16. The first-order chi connectivity index (χ1) is 8.75. The van der Waals surface area contributed by atoms with Crippen molar-refractivity contribution in [1.29, 1.82) is 0 Å². The zero-order valence-electron chi connectivity index (χ0n) is 11.2. The first kappa shape index (κ1) is 12.4. The van der Waals surface area contributed by atoms with Gasteiger partial charge in [0.25, 0.3) is 0 Å². The van der Waals surface area contributed by atoms with Crippen LogP contribution in [0.3, 0.4) is 0 Å². The minimum absolute atomic E-state index is 0.216. The number of carbonyl (C=O) groups is 1. The van der Waals surface area contributed by atoms with Gasteiger partial charge in [-0.25, -0.2) is 0 Å². The van der Waals surface area contributed by atoms with Crippen LogP contribution in [0.15, 0.2) is 0 Å². The molecule has 1 saturated heterocycles. The third-order valence-electron chi connectivity index (χ3n) is 4.47. The van der Waals surface area contributed by atoms with Crippen molar-refractivity contribution < 1.29 is 9.53 Å². The van der Waals surface area contributed by atoms with E-state index in [1.54, 1.807) is 0 Å². The van der Waals surface area contributed by atoms with Gasteiger partial charge in [0.1, 0.15) is 0 Å². The van der Waals surface area contributed by atoms with E-state index in [0.717, 1.165) is 25.0 Å². The van der Waals surface area contributed by atoms with Crippen LogP contribution in [0.4, 0.5) is 0 Å². The van der Waals surface area contributed by atoms with Crippen molar-refractivity contribution >= 4 is 5.91 Å². The zero-order chi connectivity index (χ0) is 12.5. The Morgan fingerprint density at radius 3 is 2.50 bits per heavy atom.